The summed E-state index contributed by atoms with van der Waals surface area (Å²) in [6.45, 7) is 1.97. The normalized spacial score (nSPS) is 14.3. The standard InChI is InChI=1S/C19H13NO2S/c1-11-16(12-7-3-2-4-8-12)20-19(23-11)15-17(21)13-9-5-6-10-14(13)18(15)22/h2-10,15H,1H3. The van der Waals surface area contributed by atoms with E-state index < -0.39 is 5.92 Å². The van der Waals surface area contributed by atoms with Crippen molar-refractivity contribution >= 4 is 22.9 Å². The topological polar surface area (TPSA) is 47.0 Å². The van der Waals surface area contributed by atoms with Crippen LogP contribution in [0.25, 0.3) is 11.3 Å². The quantitative estimate of drug-likeness (QED) is 0.662. The van der Waals surface area contributed by atoms with Crippen LogP contribution >= 0.6 is 11.3 Å². The lowest BCUT2D eigenvalue weighted by Crippen LogP contribution is -2.12. The van der Waals surface area contributed by atoms with Gasteiger partial charge in [-0.25, -0.2) is 4.98 Å². The second-order valence-corrected chi connectivity index (χ2v) is 6.76. The Labute approximate surface area is 137 Å². The highest BCUT2D eigenvalue weighted by Gasteiger charge is 2.41. The van der Waals surface area contributed by atoms with E-state index in [1.165, 1.54) is 11.3 Å². The van der Waals surface area contributed by atoms with Gasteiger partial charge in [0.25, 0.3) is 0 Å². The molecule has 0 amide bonds. The third-order valence-corrected chi connectivity index (χ3v) is 5.13. The van der Waals surface area contributed by atoms with Crippen LogP contribution in [-0.4, -0.2) is 16.6 Å². The highest BCUT2D eigenvalue weighted by molar-refractivity contribution is 7.12. The number of thiazole rings is 1. The first-order valence-electron chi connectivity index (χ1n) is 7.37. The van der Waals surface area contributed by atoms with E-state index in [1.807, 2.05) is 37.3 Å². The van der Waals surface area contributed by atoms with Gasteiger partial charge in [0.2, 0.25) is 0 Å². The summed E-state index contributed by atoms with van der Waals surface area (Å²) in [5.74, 6) is -1.06. The molecule has 2 aromatic carbocycles. The zero-order chi connectivity index (χ0) is 16.0. The molecule has 0 atom stereocenters. The van der Waals surface area contributed by atoms with Crippen molar-refractivity contribution in [3.63, 3.8) is 0 Å². The minimum Gasteiger partial charge on any atom is -0.293 e. The van der Waals surface area contributed by atoms with Gasteiger partial charge in [0, 0.05) is 21.6 Å². The molecule has 0 fully saturated rings. The number of ketones is 2. The molecule has 1 aliphatic carbocycles. The summed E-state index contributed by atoms with van der Waals surface area (Å²) in [4.78, 5) is 30.9. The van der Waals surface area contributed by atoms with Gasteiger partial charge in [-0.3, -0.25) is 9.59 Å². The molecule has 0 N–H and O–H groups in total. The van der Waals surface area contributed by atoms with Crippen molar-refractivity contribution in [1.29, 1.82) is 0 Å². The van der Waals surface area contributed by atoms with Crippen LogP contribution in [0.15, 0.2) is 54.6 Å². The third kappa shape index (κ3) is 2.14. The number of benzene rings is 2. The van der Waals surface area contributed by atoms with Gasteiger partial charge in [-0.15, -0.1) is 11.3 Å². The van der Waals surface area contributed by atoms with Crippen molar-refractivity contribution in [2.24, 2.45) is 0 Å². The maximum Gasteiger partial charge on any atom is 0.181 e. The summed E-state index contributed by atoms with van der Waals surface area (Å²) < 4.78 is 0. The monoisotopic (exact) mass is 319 g/mol. The molecule has 1 aliphatic rings. The number of Topliss-reactive ketones (excluding diaryl/α,β-unsaturated/α-hetero) is 2. The summed E-state index contributed by atoms with van der Waals surface area (Å²) in [6, 6.07) is 16.8. The van der Waals surface area contributed by atoms with Crippen LogP contribution in [-0.2, 0) is 0 Å². The van der Waals surface area contributed by atoms with E-state index in [4.69, 9.17) is 0 Å². The Morgan fingerprint density at radius 1 is 0.870 bits per heavy atom. The molecule has 1 aromatic heterocycles. The smallest absolute Gasteiger partial charge is 0.181 e. The molecule has 4 rings (SSSR count). The SMILES string of the molecule is Cc1sc(C2C(=O)c3ccccc3C2=O)nc1-c1ccccc1. The fraction of sp³-hybridized carbons (Fsp3) is 0.105. The second kappa shape index (κ2) is 5.25. The molecule has 3 nitrogen and oxygen atoms in total. The molecule has 112 valence electrons. The molecule has 0 saturated carbocycles. The molecule has 0 aliphatic heterocycles. The van der Waals surface area contributed by atoms with Crippen LogP contribution in [0.5, 0.6) is 0 Å². The predicted octanol–water partition coefficient (Wildman–Crippen LogP) is 4.28. The van der Waals surface area contributed by atoms with Crippen molar-refractivity contribution in [3.8, 4) is 11.3 Å². The van der Waals surface area contributed by atoms with Crippen LogP contribution in [0, 0.1) is 6.92 Å². The van der Waals surface area contributed by atoms with E-state index in [9.17, 15) is 9.59 Å². The molecule has 1 heterocycles. The fourth-order valence-corrected chi connectivity index (χ4v) is 4.01. The van der Waals surface area contributed by atoms with Crippen LogP contribution in [0.3, 0.4) is 0 Å². The third-order valence-electron chi connectivity index (χ3n) is 4.09. The zero-order valence-electron chi connectivity index (χ0n) is 12.4. The number of carbonyl (C=O) groups excluding carboxylic acids is 2. The van der Waals surface area contributed by atoms with Crippen molar-refractivity contribution in [3.05, 3.63) is 75.6 Å². The van der Waals surface area contributed by atoms with Gasteiger partial charge < -0.3 is 0 Å². The van der Waals surface area contributed by atoms with Crippen molar-refractivity contribution in [1.82, 2.24) is 4.98 Å². The minimum absolute atomic E-state index is 0.140. The minimum atomic E-state index is -0.784. The molecule has 3 aromatic rings. The first-order valence-corrected chi connectivity index (χ1v) is 8.18. The molecular weight excluding hydrogens is 306 g/mol. The number of hydrogen-bond donors (Lipinski definition) is 0. The molecule has 0 radical (unpaired) electrons. The Balaban J connectivity index is 1.79. The number of carbonyl (C=O) groups is 2. The number of hydrogen-bond acceptors (Lipinski definition) is 4. The first-order chi connectivity index (χ1) is 11.2. The average molecular weight is 319 g/mol. The largest absolute Gasteiger partial charge is 0.293 e. The maximum atomic E-state index is 12.6. The van der Waals surface area contributed by atoms with Gasteiger partial charge in [0.05, 0.1) is 5.69 Å². The second-order valence-electron chi connectivity index (χ2n) is 5.53. The van der Waals surface area contributed by atoms with E-state index >= 15 is 0 Å². The first kappa shape index (κ1) is 14.0. The predicted molar refractivity (Wildman–Crippen MR) is 90.1 cm³/mol. The number of fused-ring (bicyclic) bond motifs is 1. The Morgan fingerprint density at radius 2 is 1.43 bits per heavy atom. The molecule has 0 bridgehead atoms. The van der Waals surface area contributed by atoms with Gasteiger partial charge in [0.1, 0.15) is 10.9 Å². The van der Waals surface area contributed by atoms with E-state index in [0.29, 0.717) is 16.1 Å². The van der Waals surface area contributed by atoms with Gasteiger partial charge in [-0.2, -0.15) is 0 Å². The maximum absolute atomic E-state index is 12.6. The van der Waals surface area contributed by atoms with Crippen molar-refractivity contribution in [2.45, 2.75) is 12.8 Å². The summed E-state index contributed by atoms with van der Waals surface area (Å²) >= 11 is 1.43. The van der Waals surface area contributed by atoms with Crippen LogP contribution in [0.2, 0.25) is 0 Å². The summed E-state index contributed by atoms with van der Waals surface area (Å²) in [5.41, 5.74) is 2.87. The lowest BCUT2D eigenvalue weighted by atomic mass is 10.1. The van der Waals surface area contributed by atoms with E-state index in [1.54, 1.807) is 24.3 Å². The van der Waals surface area contributed by atoms with E-state index in [2.05, 4.69) is 4.98 Å². The Bertz CT molecular complexity index is 893. The molecular formula is C19H13NO2S. The highest BCUT2D eigenvalue weighted by Crippen LogP contribution is 2.38. The van der Waals surface area contributed by atoms with Gasteiger partial charge >= 0.3 is 0 Å². The zero-order valence-corrected chi connectivity index (χ0v) is 13.3. The summed E-state index contributed by atoms with van der Waals surface area (Å²) in [6.07, 6.45) is 0. The number of nitrogens with zero attached hydrogens (tertiary/aromatic N) is 1. The molecule has 0 unspecified atom stereocenters. The highest BCUT2D eigenvalue weighted by atomic mass is 32.1. The molecule has 0 spiro atoms. The van der Waals surface area contributed by atoms with Gasteiger partial charge in [-0.1, -0.05) is 54.6 Å². The van der Waals surface area contributed by atoms with Gasteiger partial charge in [0.15, 0.2) is 11.6 Å². The summed E-state index contributed by atoms with van der Waals surface area (Å²) in [5, 5.41) is 0.590. The number of rotatable bonds is 2. The average Bonchev–Trinajstić information content (AvgIpc) is 3.07. The lowest BCUT2D eigenvalue weighted by molar-refractivity contribution is 0.0890. The Hall–Kier alpha value is -2.59. The van der Waals surface area contributed by atoms with E-state index in [-0.39, 0.29) is 11.6 Å². The molecule has 4 heteroatoms. The van der Waals surface area contributed by atoms with Crippen LogP contribution in [0.1, 0.15) is 36.5 Å². The molecule has 23 heavy (non-hydrogen) atoms. The lowest BCUT2D eigenvalue weighted by Gasteiger charge is -2.01. The fourth-order valence-electron chi connectivity index (χ4n) is 2.97. The Morgan fingerprint density at radius 3 is 2.04 bits per heavy atom. The number of aromatic nitrogens is 1. The number of aryl methyl sites for hydroxylation is 1. The van der Waals surface area contributed by atoms with Crippen LogP contribution in [0.4, 0.5) is 0 Å². The van der Waals surface area contributed by atoms with E-state index in [0.717, 1.165) is 16.1 Å². The summed E-state index contributed by atoms with van der Waals surface area (Å²) in [7, 11) is 0. The van der Waals surface area contributed by atoms with Crippen LogP contribution < -0.4 is 0 Å². The van der Waals surface area contributed by atoms with Crippen molar-refractivity contribution in [2.75, 3.05) is 0 Å². The molecule has 0 saturated heterocycles. The Kier molecular flexibility index (Phi) is 3.20. The van der Waals surface area contributed by atoms with Crippen molar-refractivity contribution < 1.29 is 9.59 Å². The van der Waals surface area contributed by atoms with Gasteiger partial charge in [-0.05, 0) is 6.92 Å².